The molecule has 8 nitrogen and oxygen atoms in total. The van der Waals surface area contributed by atoms with E-state index in [-0.39, 0.29) is 18.4 Å². The predicted octanol–water partition coefficient (Wildman–Crippen LogP) is 2.70. The van der Waals surface area contributed by atoms with Crippen LogP contribution in [0.1, 0.15) is 21.7 Å². The number of benzene rings is 1. The lowest BCUT2D eigenvalue weighted by atomic mass is 10.1. The maximum atomic E-state index is 13.2. The number of carbonyl (C=O) groups excluding carboxylic acids is 2. The summed E-state index contributed by atoms with van der Waals surface area (Å²) in [5, 5.41) is 7.83. The first kappa shape index (κ1) is 20.3. The molecule has 2 amide bonds. The topological polar surface area (TPSA) is 91.4 Å². The third kappa shape index (κ3) is 4.16. The van der Waals surface area contributed by atoms with Crippen molar-refractivity contribution >= 4 is 38.8 Å². The van der Waals surface area contributed by atoms with Gasteiger partial charge in [0.05, 0.1) is 10.9 Å². The van der Waals surface area contributed by atoms with Crippen LogP contribution in [-0.2, 0) is 4.79 Å². The second-order valence-corrected chi connectivity index (χ2v) is 8.19. The summed E-state index contributed by atoms with van der Waals surface area (Å²) in [6.45, 7) is 5.62. The zero-order valence-electron chi connectivity index (χ0n) is 16.8. The molecule has 0 aliphatic carbocycles. The van der Waals surface area contributed by atoms with Crippen LogP contribution in [0.2, 0.25) is 0 Å². The number of aromatic amines is 1. The smallest absolute Gasteiger partial charge is 0.260 e. The van der Waals surface area contributed by atoms with E-state index in [0.717, 1.165) is 21.2 Å². The molecule has 30 heavy (non-hydrogen) atoms. The molecule has 1 aliphatic rings. The van der Waals surface area contributed by atoms with Crippen LogP contribution in [0.5, 0.6) is 5.75 Å². The van der Waals surface area contributed by atoms with Gasteiger partial charge in [0.15, 0.2) is 12.3 Å². The number of fused-ring (bicyclic) bond motifs is 1. The van der Waals surface area contributed by atoms with E-state index in [4.69, 9.17) is 4.74 Å². The van der Waals surface area contributed by atoms with Gasteiger partial charge in [-0.15, -0.1) is 0 Å². The molecule has 9 heteroatoms. The van der Waals surface area contributed by atoms with Crippen molar-refractivity contribution in [2.24, 2.45) is 0 Å². The normalized spacial score (nSPS) is 14.2. The highest BCUT2D eigenvalue weighted by Crippen LogP contribution is 2.22. The molecule has 3 heterocycles. The standard InChI is InChI=1S/C21H22BrN5O3/c1-13-11-17(19-14(2)24-25-20(19)23-13)21(29)27-9-7-26(8-10-27)18(28)12-30-16-5-3-15(22)4-6-16/h3-6,11H,7-10,12H2,1-2H3,(H,23,24,25). The number of amides is 2. The van der Waals surface area contributed by atoms with E-state index in [1.807, 2.05) is 38.1 Å². The minimum atomic E-state index is -0.0853. The number of halogens is 1. The number of carbonyl (C=O) groups is 2. The van der Waals surface area contributed by atoms with Gasteiger partial charge in [0.1, 0.15) is 5.75 Å². The fourth-order valence-corrected chi connectivity index (χ4v) is 3.83. The number of H-pyrrole nitrogens is 1. The Morgan fingerprint density at radius 3 is 2.47 bits per heavy atom. The molecule has 0 saturated carbocycles. The van der Waals surface area contributed by atoms with Gasteiger partial charge >= 0.3 is 0 Å². The summed E-state index contributed by atoms with van der Waals surface area (Å²) in [7, 11) is 0. The molecule has 0 atom stereocenters. The van der Waals surface area contributed by atoms with E-state index < -0.39 is 0 Å². The summed E-state index contributed by atoms with van der Waals surface area (Å²) in [5.74, 6) is 0.499. The molecule has 0 spiro atoms. The first-order valence-electron chi connectivity index (χ1n) is 9.70. The molecule has 0 bridgehead atoms. The van der Waals surface area contributed by atoms with Crippen LogP contribution in [0.25, 0.3) is 11.0 Å². The van der Waals surface area contributed by atoms with Crippen LogP contribution in [0.4, 0.5) is 0 Å². The van der Waals surface area contributed by atoms with Crippen molar-refractivity contribution in [3.63, 3.8) is 0 Å². The summed E-state index contributed by atoms with van der Waals surface area (Å²) >= 11 is 3.37. The number of hydrogen-bond donors (Lipinski definition) is 1. The van der Waals surface area contributed by atoms with Crippen LogP contribution >= 0.6 is 15.9 Å². The first-order valence-corrected chi connectivity index (χ1v) is 10.5. The highest BCUT2D eigenvalue weighted by Gasteiger charge is 2.27. The molecule has 1 fully saturated rings. The molecule has 1 aromatic carbocycles. The minimum Gasteiger partial charge on any atom is -0.484 e. The van der Waals surface area contributed by atoms with E-state index in [2.05, 4.69) is 31.1 Å². The highest BCUT2D eigenvalue weighted by atomic mass is 79.9. The molecule has 3 aromatic rings. The zero-order chi connectivity index (χ0) is 21.3. The van der Waals surface area contributed by atoms with Crippen LogP contribution in [-0.4, -0.2) is 69.6 Å². The Kier molecular flexibility index (Phi) is 5.72. The number of hydrogen-bond acceptors (Lipinski definition) is 5. The van der Waals surface area contributed by atoms with Gasteiger partial charge in [-0.25, -0.2) is 4.98 Å². The Morgan fingerprint density at radius 1 is 1.10 bits per heavy atom. The Balaban J connectivity index is 1.37. The van der Waals surface area contributed by atoms with Gasteiger partial charge in [0, 0.05) is 42.0 Å². The van der Waals surface area contributed by atoms with Gasteiger partial charge in [-0.05, 0) is 44.2 Å². The second kappa shape index (κ2) is 8.43. The minimum absolute atomic E-state index is 0.0199. The molecule has 0 unspecified atom stereocenters. The number of nitrogens with zero attached hydrogens (tertiary/aromatic N) is 4. The van der Waals surface area contributed by atoms with Gasteiger partial charge in [-0.1, -0.05) is 15.9 Å². The van der Waals surface area contributed by atoms with Crippen molar-refractivity contribution in [3.05, 3.63) is 51.8 Å². The van der Waals surface area contributed by atoms with Crippen molar-refractivity contribution in [1.29, 1.82) is 0 Å². The van der Waals surface area contributed by atoms with Crippen molar-refractivity contribution in [2.75, 3.05) is 32.8 Å². The van der Waals surface area contributed by atoms with E-state index in [1.54, 1.807) is 15.9 Å². The molecular formula is C21H22BrN5O3. The average molecular weight is 472 g/mol. The maximum absolute atomic E-state index is 13.2. The average Bonchev–Trinajstić information content (AvgIpc) is 3.12. The van der Waals surface area contributed by atoms with E-state index in [0.29, 0.717) is 43.1 Å². The zero-order valence-corrected chi connectivity index (χ0v) is 18.4. The number of rotatable bonds is 4. The molecule has 4 rings (SSSR count). The van der Waals surface area contributed by atoms with Crippen molar-refractivity contribution in [2.45, 2.75) is 13.8 Å². The molecule has 0 radical (unpaired) electrons. The number of piperazine rings is 1. The Morgan fingerprint density at radius 2 is 1.77 bits per heavy atom. The Hall–Kier alpha value is -2.94. The van der Waals surface area contributed by atoms with E-state index >= 15 is 0 Å². The summed E-state index contributed by atoms with van der Waals surface area (Å²) in [5.41, 5.74) is 2.72. The van der Waals surface area contributed by atoms with Crippen LogP contribution in [0.15, 0.2) is 34.8 Å². The van der Waals surface area contributed by atoms with Gasteiger partial charge in [0.2, 0.25) is 0 Å². The number of nitrogens with one attached hydrogen (secondary N) is 1. The lowest BCUT2D eigenvalue weighted by Crippen LogP contribution is -2.51. The second-order valence-electron chi connectivity index (χ2n) is 7.27. The maximum Gasteiger partial charge on any atom is 0.260 e. The van der Waals surface area contributed by atoms with Gasteiger partial charge in [0.25, 0.3) is 11.8 Å². The summed E-state index contributed by atoms with van der Waals surface area (Å²) < 4.78 is 6.53. The number of ether oxygens (including phenoxy) is 1. The Labute approximate surface area is 182 Å². The van der Waals surface area contributed by atoms with E-state index in [9.17, 15) is 9.59 Å². The third-order valence-corrected chi connectivity index (χ3v) is 5.69. The summed E-state index contributed by atoms with van der Waals surface area (Å²) in [6.07, 6.45) is 0. The third-order valence-electron chi connectivity index (χ3n) is 5.16. The van der Waals surface area contributed by atoms with Crippen LogP contribution < -0.4 is 4.74 Å². The van der Waals surface area contributed by atoms with E-state index in [1.165, 1.54) is 0 Å². The van der Waals surface area contributed by atoms with Crippen molar-refractivity contribution < 1.29 is 14.3 Å². The molecule has 1 saturated heterocycles. The lowest BCUT2D eigenvalue weighted by Gasteiger charge is -2.34. The molecule has 2 aromatic heterocycles. The Bertz CT molecular complexity index is 1090. The molecular weight excluding hydrogens is 450 g/mol. The molecule has 1 N–H and O–H groups in total. The molecule has 1 aliphatic heterocycles. The number of pyridine rings is 1. The fraction of sp³-hybridized carbons (Fsp3) is 0.333. The van der Waals surface area contributed by atoms with Gasteiger partial charge in [-0.2, -0.15) is 5.10 Å². The van der Waals surface area contributed by atoms with Gasteiger partial charge in [-0.3, -0.25) is 14.7 Å². The fourth-order valence-electron chi connectivity index (χ4n) is 3.57. The van der Waals surface area contributed by atoms with Crippen molar-refractivity contribution in [1.82, 2.24) is 25.0 Å². The summed E-state index contributed by atoms with van der Waals surface area (Å²) in [6, 6.07) is 9.15. The highest BCUT2D eigenvalue weighted by molar-refractivity contribution is 9.10. The van der Waals surface area contributed by atoms with Crippen molar-refractivity contribution in [3.8, 4) is 5.75 Å². The summed E-state index contributed by atoms with van der Waals surface area (Å²) in [4.78, 5) is 33.5. The molecule has 156 valence electrons. The van der Waals surface area contributed by atoms with Gasteiger partial charge < -0.3 is 14.5 Å². The number of aromatic nitrogens is 3. The quantitative estimate of drug-likeness (QED) is 0.631. The predicted molar refractivity (Wildman–Crippen MR) is 115 cm³/mol. The number of aryl methyl sites for hydroxylation is 2. The van der Waals surface area contributed by atoms with Crippen LogP contribution in [0, 0.1) is 13.8 Å². The largest absolute Gasteiger partial charge is 0.484 e. The lowest BCUT2D eigenvalue weighted by molar-refractivity contribution is -0.134. The SMILES string of the molecule is Cc1cc(C(=O)N2CCN(C(=O)COc3ccc(Br)cc3)CC2)c2c(C)[nH]nc2n1. The first-order chi connectivity index (χ1) is 14.4. The van der Waals surface area contributed by atoms with Crippen LogP contribution in [0.3, 0.4) is 0 Å². The monoisotopic (exact) mass is 471 g/mol.